The van der Waals surface area contributed by atoms with Gasteiger partial charge >= 0.3 is 0 Å². The van der Waals surface area contributed by atoms with Gasteiger partial charge in [-0.3, -0.25) is 0 Å². The first kappa shape index (κ1) is 20.0. The first-order chi connectivity index (χ1) is 8.64. The molecule has 0 radical (unpaired) electrons. The zero-order valence-corrected chi connectivity index (χ0v) is 17.1. The predicted octanol–water partition coefficient (Wildman–Crippen LogP) is 4.60. The van der Waals surface area contributed by atoms with Crippen LogP contribution in [0.4, 0.5) is 0 Å². The van der Waals surface area contributed by atoms with Crippen molar-refractivity contribution in [1.29, 1.82) is 0 Å². The van der Waals surface area contributed by atoms with Crippen molar-refractivity contribution in [3.63, 3.8) is 0 Å². The van der Waals surface area contributed by atoms with E-state index >= 15 is 0 Å². The molecule has 0 N–H and O–H groups in total. The molecule has 0 aliphatic rings. The third kappa shape index (κ3) is 5.43. The second-order valence-corrected chi connectivity index (χ2v) is 18.2. The molecular weight excluding hydrogens is 284 g/mol. The average Bonchev–Trinajstić information content (AvgIpc) is 2.20. The zero-order valence-electron chi connectivity index (χ0n) is 15.1. The van der Waals surface area contributed by atoms with Gasteiger partial charge in [0.25, 0.3) is 0 Å². The van der Waals surface area contributed by atoms with Crippen LogP contribution in [0.25, 0.3) is 0 Å². The average molecular weight is 319 g/mol. The maximum absolute atomic E-state index is 11.3. The van der Waals surface area contributed by atoms with Crippen molar-refractivity contribution in [1.82, 2.24) is 0 Å². The molecule has 1 atom stereocenters. The van der Waals surface area contributed by atoms with Gasteiger partial charge < -0.3 is 13.6 Å². The third-order valence-electron chi connectivity index (χ3n) is 4.82. The van der Waals surface area contributed by atoms with Gasteiger partial charge in [0.1, 0.15) is 12.4 Å². The molecule has 0 unspecified atom stereocenters. The summed E-state index contributed by atoms with van der Waals surface area (Å²) in [6, 6.07) is 0. The predicted molar refractivity (Wildman–Crippen MR) is 91.3 cm³/mol. The zero-order chi connectivity index (χ0) is 16.4. The van der Waals surface area contributed by atoms with Gasteiger partial charge in [0.2, 0.25) is 0 Å². The van der Waals surface area contributed by atoms with E-state index in [1.807, 2.05) is 0 Å². The second kappa shape index (κ2) is 6.42. The smallest absolute Gasteiger partial charge is 0.193 e. The van der Waals surface area contributed by atoms with Crippen molar-refractivity contribution in [3.8, 4) is 0 Å². The molecule has 0 fully saturated rings. The molecule has 0 spiro atoms. The van der Waals surface area contributed by atoms with E-state index in [0.29, 0.717) is 6.61 Å². The Bertz CT molecular complexity index is 325. The molecule has 0 aliphatic heterocycles. The van der Waals surface area contributed by atoms with Crippen LogP contribution in [-0.4, -0.2) is 35.6 Å². The van der Waals surface area contributed by atoms with Gasteiger partial charge in [-0.15, -0.1) is 0 Å². The highest BCUT2D eigenvalue weighted by Crippen LogP contribution is 2.38. The van der Waals surface area contributed by atoms with Crippen molar-refractivity contribution >= 4 is 22.9 Å². The quantitative estimate of drug-likeness (QED) is 0.530. The van der Waals surface area contributed by atoms with Crippen LogP contribution in [0.5, 0.6) is 0 Å². The molecule has 0 aromatic heterocycles. The first-order valence-electron chi connectivity index (χ1n) is 7.41. The Morgan fingerprint density at radius 3 is 1.60 bits per heavy atom. The van der Waals surface area contributed by atoms with Crippen LogP contribution >= 0.6 is 0 Å². The van der Waals surface area contributed by atoms with E-state index in [4.69, 9.17) is 8.85 Å². The molecule has 0 bridgehead atoms. The topological polar surface area (TPSA) is 35.5 Å². The van der Waals surface area contributed by atoms with Gasteiger partial charge in [0, 0.05) is 0 Å². The molecule has 0 amide bonds. The summed E-state index contributed by atoms with van der Waals surface area (Å²) in [6.07, 6.45) is 0.457. The lowest BCUT2D eigenvalue weighted by Crippen LogP contribution is -2.48. The fourth-order valence-corrected chi connectivity index (χ4v) is 3.41. The highest BCUT2D eigenvalue weighted by molar-refractivity contribution is 6.74. The number of hydrogen-bond donors (Lipinski definition) is 0. The summed E-state index contributed by atoms with van der Waals surface area (Å²) in [5.41, 5.74) is 0. The number of carbonyl (C=O) groups excluding carboxylic acids is 1. The van der Waals surface area contributed by atoms with Crippen molar-refractivity contribution in [2.75, 3.05) is 6.61 Å². The summed E-state index contributed by atoms with van der Waals surface area (Å²) in [6.45, 7) is 22.2. The molecule has 20 heavy (non-hydrogen) atoms. The van der Waals surface area contributed by atoms with Crippen LogP contribution in [0.2, 0.25) is 36.3 Å². The highest BCUT2D eigenvalue weighted by atomic mass is 28.4. The van der Waals surface area contributed by atoms with Gasteiger partial charge in [-0.25, -0.2) is 0 Å². The number of carbonyl (C=O) groups is 1. The van der Waals surface area contributed by atoms with Crippen molar-refractivity contribution < 1.29 is 13.6 Å². The Kier molecular flexibility index (Phi) is 6.43. The molecule has 0 rings (SSSR count). The van der Waals surface area contributed by atoms with E-state index < -0.39 is 22.7 Å². The van der Waals surface area contributed by atoms with Gasteiger partial charge in [0.15, 0.2) is 16.6 Å². The van der Waals surface area contributed by atoms with Gasteiger partial charge in [0.05, 0.1) is 6.61 Å². The van der Waals surface area contributed by atoms with E-state index in [9.17, 15) is 4.79 Å². The maximum atomic E-state index is 11.3. The molecule has 0 aromatic rings. The minimum Gasteiger partial charge on any atom is -0.414 e. The van der Waals surface area contributed by atoms with Crippen molar-refractivity contribution in [2.45, 2.75) is 83.9 Å². The van der Waals surface area contributed by atoms with E-state index in [1.165, 1.54) is 0 Å². The van der Waals surface area contributed by atoms with Gasteiger partial charge in [-0.05, 0) is 36.3 Å². The Morgan fingerprint density at radius 2 is 1.30 bits per heavy atom. The number of aldehydes is 1. The minimum absolute atomic E-state index is 0.102. The molecule has 3 nitrogen and oxygen atoms in total. The standard InChI is InChI=1S/C15H34O3Si2/c1-14(2,3)19(7,8)17-12-13(11-16)18-20(9,10)15(4,5)6/h11,13H,12H2,1-10H3/t13-/m1/s1. The lowest BCUT2D eigenvalue weighted by Gasteiger charge is -2.40. The number of hydrogen-bond acceptors (Lipinski definition) is 3. The Balaban J connectivity index is 4.72. The summed E-state index contributed by atoms with van der Waals surface area (Å²) < 4.78 is 12.2. The van der Waals surface area contributed by atoms with Crippen molar-refractivity contribution in [3.05, 3.63) is 0 Å². The molecule has 5 heteroatoms. The van der Waals surface area contributed by atoms with Crippen LogP contribution in [0.1, 0.15) is 41.5 Å². The van der Waals surface area contributed by atoms with Crippen LogP contribution in [0.15, 0.2) is 0 Å². The van der Waals surface area contributed by atoms with Crippen LogP contribution in [0.3, 0.4) is 0 Å². The SMILES string of the molecule is CC(C)(C)[Si](C)(C)OC[C@@H](C=O)O[Si](C)(C)C(C)(C)C. The summed E-state index contributed by atoms with van der Waals surface area (Å²) in [4.78, 5) is 11.3. The second-order valence-electron chi connectivity index (χ2n) is 8.62. The molecular formula is C15H34O3Si2. The lowest BCUT2D eigenvalue weighted by molar-refractivity contribution is -0.115. The molecule has 0 saturated heterocycles. The first-order valence-corrected chi connectivity index (χ1v) is 13.2. The lowest BCUT2D eigenvalue weighted by atomic mass is 10.2. The minimum atomic E-state index is -1.93. The van der Waals surface area contributed by atoms with Crippen LogP contribution < -0.4 is 0 Å². The normalized spacial score (nSPS) is 16.1. The van der Waals surface area contributed by atoms with E-state index in [1.54, 1.807) is 0 Å². The van der Waals surface area contributed by atoms with E-state index in [-0.39, 0.29) is 10.1 Å². The molecule has 0 aliphatic carbocycles. The molecule has 120 valence electrons. The maximum Gasteiger partial charge on any atom is 0.193 e. The Labute approximate surface area is 127 Å². The molecule has 0 saturated carbocycles. The monoisotopic (exact) mass is 318 g/mol. The Morgan fingerprint density at radius 1 is 0.900 bits per heavy atom. The fraction of sp³-hybridized carbons (Fsp3) is 0.933. The summed E-state index contributed by atoms with van der Waals surface area (Å²) in [5.74, 6) is 0. The number of rotatable bonds is 6. The highest BCUT2D eigenvalue weighted by Gasteiger charge is 2.41. The van der Waals surface area contributed by atoms with Gasteiger partial charge in [-0.1, -0.05) is 41.5 Å². The molecule has 0 heterocycles. The Hall–Kier alpha value is 0.0238. The summed E-state index contributed by atoms with van der Waals surface area (Å²) >= 11 is 0. The fourth-order valence-electron chi connectivity index (χ4n) is 1.16. The largest absolute Gasteiger partial charge is 0.414 e. The summed E-state index contributed by atoms with van der Waals surface area (Å²) in [5, 5.41) is 0.253. The van der Waals surface area contributed by atoms with E-state index in [0.717, 1.165) is 6.29 Å². The van der Waals surface area contributed by atoms with Gasteiger partial charge in [-0.2, -0.15) is 0 Å². The van der Waals surface area contributed by atoms with Crippen LogP contribution in [0, 0.1) is 0 Å². The summed E-state index contributed by atoms with van der Waals surface area (Å²) in [7, 11) is -3.76. The van der Waals surface area contributed by atoms with E-state index in [2.05, 4.69) is 67.7 Å². The third-order valence-corrected chi connectivity index (χ3v) is 13.8. The van der Waals surface area contributed by atoms with Crippen molar-refractivity contribution in [2.24, 2.45) is 0 Å². The molecule has 0 aromatic carbocycles. The van der Waals surface area contributed by atoms with Crippen LogP contribution in [-0.2, 0) is 13.6 Å².